The maximum atomic E-state index is 12.6. The number of aliphatic hydroxyl groups is 1. The van der Waals surface area contributed by atoms with Gasteiger partial charge in [-0.2, -0.15) is 0 Å². The summed E-state index contributed by atoms with van der Waals surface area (Å²) in [7, 11) is 7.32. The molecule has 2 aliphatic heterocycles. The fraction of sp³-hybridized carbons (Fsp3) is 1.00. The minimum absolute atomic E-state index is 0.0240. The van der Waals surface area contributed by atoms with Crippen molar-refractivity contribution >= 4 is 0 Å². The summed E-state index contributed by atoms with van der Waals surface area (Å²) in [5.74, 6) is 0.813. The Labute approximate surface area is 202 Å². The van der Waals surface area contributed by atoms with Crippen molar-refractivity contribution < 1.29 is 33.5 Å². The van der Waals surface area contributed by atoms with Gasteiger partial charge in [-0.05, 0) is 31.7 Å². The lowest BCUT2D eigenvalue weighted by molar-refractivity contribution is -0.287. The summed E-state index contributed by atoms with van der Waals surface area (Å²) in [6.45, 7) is 4.93. The normalized spacial score (nSPS) is 61.1. The van der Waals surface area contributed by atoms with E-state index in [1.54, 1.807) is 7.11 Å². The summed E-state index contributed by atoms with van der Waals surface area (Å²) in [5.41, 5.74) is -1.83. The molecule has 7 rings (SSSR count). The van der Waals surface area contributed by atoms with Crippen molar-refractivity contribution in [3.63, 3.8) is 0 Å². The monoisotopic (exact) mass is 479 g/mol. The summed E-state index contributed by atoms with van der Waals surface area (Å²) >= 11 is 0. The lowest BCUT2D eigenvalue weighted by Crippen LogP contribution is -2.81. The Kier molecular flexibility index (Phi) is 4.81. The number of likely N-dealkylation sites (tertiary alicyclic amines) is 1. The maximum Gasteiger partial charge on any atom is 0.148 e. The van der Waals surface area contributed by atoms with Gasteiger partial charge in [0.1, 0.15) is 18.0 Å². The van der Waals surface area contributed by atoms with Crippen molar-refractivity contribution in [1.29, 1.82) is 0 Å². The van der Waals surface area contributed by atoms with Crippen molar-refractivity contribution in [2.24, 2.45) is 34.5 Å². The van der Waals surface area contributed by atoms with Crippen LogP contribution in [0.3, 0.4) is 0 Å². The molecule has 0 radical (unpaired) electrons. The van der Waals surface area contributed by atoms with Crippen molar-refractivity contribution in [1.82, 2.24) is 4.90 Å². The molecule has 13 atom stereocenters. The van der Waals surface area contributed by atoms with Crippen LogP contribution in [0.2, 0.25) is 0 Å². The van der Waals surface area contributed by atoms with E-state index in [1.165, 1.54) is 0 Å². The molecule has 3 spiro atoms. The van der Waals surface area contributed by atoms with Gasteiger partial charge in [0.25, 0.3) is 0 Å². The molecule has 8 heteroatoms. The van der Waals surface area contributed by atoms with E-state index >= 15 is 0 Å². The van der Waals surface area contributed by atoms with Crippen LogP contribution in [0.15, 0.2) is 0 Å². The topological polar surface area (TPSA) is 78.9 Å². The van der Waals surface area contributed by atoms with E-state index in [4.69, 9.17) is 28.4 Å². The Morgan fingerprint density at radius 2 is 1.91 bits per heavy atom. The van der Waals surface area contributed by atoms with Gasteiger partial charge < -0.3 is 33.5 Å². The van der Waals surface area contributed by atoms with Gasteiger partial charge in [0.15, 0.2) is 0 Å². The first-order chi connectivity index (χ1) is 16.5. The van der Waals surface area contributed by atoms with Gasteiger partial charge in [0, 0.05) is 70.0 Å². The molecule has 0 amide bonds. The molecule has 8 nitrogen and oxygen atoms in total. The van der Waals surface area contributed by atoms with Crippen LogP contribution in [0.4, 0.5) is 0 Å². The molecule has 1 N–H and O–H groups in total. The van der Waals surface area contributed by atoms with Crippen LogP contribution in [0.5, 0.6) is 0 Å². The Hall–Kier alpha value is -0.320. The van der Waals surface area contributed by atoms with Crippen LogP contribution in [-0.4, -0.2) is 107 Å². The molecule has 7 bridgehead atoms. The third-order valence-electron chi connectivity index (χ3n) is 12.0. The quantitative estimate of drug-likeness (QED) is 0.611. The minimum atomic E-state index is -0.825. The molecule has 2 heterocycles. The van der Waals surface area contributed by atoms with Crippen LogP contribution in [-0.2, 0) is 28.4 Å². The third kappa shape index (κ3) is 2.05. The third-order valence-corrected chi connectivity index (χ3v) is 12.0. The first-order valence-corrected chi connectivity index (χ1v) is 13.2. The standard InChI is InChI=1S/C26H41NO7/c1-6-27-11-23(12-29-2)8-7-17(31-4)25-15-9-14-16(30-3)10-24(18(15)19(14)32-5)26(22(25)27,34-13-33-24)21(28)20(23)25/h14-22,28H,6-13H2,1-5H3/t14-,15?,16+,17+,18?,19+,20?,21+,22+,23+,24-,25+,26+/m1/s1. The van der Waals surface area contributed by atoms with E-state index in [9.17, 15) is 5.11 Å². The molecule has 0 aromatic heterocycles. The summed E-state index contributed by atoms with van der Waals surface area (Å²) in [4.78, 5) is 2.61. The number of rotatable bonds is 6. The molecular formula is C26H41NO7. The van der Waals surface area contributed by atoms with Gasteiger partial charge in [0.2, 0.25) is 0 Å². The molecule has 7 aliphatic rings. The SMILES string of the molecule is CCN1C[C@]2(COC)CC[C@H](OC)[C@@]34C5C[C@@H]6[C@@H](OC)C[C@@]7(OCO[C@@]7([C@@H](O)C23)[C@@H]14)C5[C@H]6OC. The van der Waals surface area contributed by atoms with E-state index in [0.29, 0.717) is 18.4 Å². The highest BCUT2D eigenvalue weighted by Gasteiger charge is 2.93. The fourth-order valence-corrected chi connectivity index (χ4v) is 11.7. The highest BCUT2D eigenvalue weighted by Crippen LogP contribution is 2.82. The molecule has 192 valence electrons. The second kappa shape index (κ2) is 7.16. The number of likely N-dealkylation sites (N-methyl/N-ethyl adjacent to an activating group) is 1. The maximum absolute atomic E-state index is 12.6. The first-order valence-electron chi connectivity index (χ1n) is 13.2. The van der Waals surface area contributed by atoms with Gasteiger partial charge in [-0.1, -0.05) is 6.92 Å². The fourth-order valence-electron chi connectivity index (χ4n) is 11.7. The molecule has 5 aliphatic carbocycles. The Morgan fingerprint density at radius 3 is 2.59 bits per heavy atom. The van der Waals surface area contributed by atoms with Crippen molar-refractivity contribution in [3.8, 4) is 0 Å². The predicted molar refractivity (Wildman–Crippen MR) is 121 cm³/mol. The van der Waals surface area contributed by atoms with Crippen molar-refractivity contribution in [3.05, 3.63) is 0 Å². The van der Waals surface area contributed by atoms with Crippen LogP contribution >= 0.6 is 0 Å². The largest absolute Gasteiger partial charge is 0.390 e. The average molecular weight is 480 g/mol. The molecule has 3 unspecified atom stereocenters. The number of hydrogen-bond acceptors (Lipinski definition) is 8. The second-order valence-electron chi connectivity index (χ2n) is 12.2. The van der Waals surface area contributed by atoms with Crippen molar-refractivity contribution in [2.75, 3.05) is 54.9 Å². The van der Waals surface area contributed by atoms with E-state index < -0.39 is 17.3 Å². The van der Waals surface area contributed by atoms with E-state index in [1.807, 2.05) is 21.3 Å². The lowest BCUT2D eigenvalue weighted by Gasteiger charge is -2.70. The number of nitrogens with zero attached hydrogens (tertiary/aromatic N) is 1. The predicted octanol–water partition coefficient (Wildman–Crippen LogP) is 1.29. The highest BCUT2D eigenvalue weighted by atomic mass is 16.7. The number of methoxy groups -OCH3 is 4. The summed E-state index contributed by atoms with van der Waals surface area (Å²) in [5, 5.41) is 12.6. The minimum Gasteiger partial charge on any atom is -0.390 e. The van der Waals surface area contributed by atoms with E-state index in [0.717, 1.165) is 38.8 Å². The summed E-state index contributed by atoms with van der Waals surface area (Å²) < 4.78 is 38.3. The molecule has 5 saturated carbocycles. The first kappa shape index (κ1) is 22.8. The molecular weight excluding hydrogens is 438 g/mol. The van der Waals surface area contributed by atoms with E-state index in [-0.39, 0.29) is 53.8 Å². The average Bonchev–Trinajstić information content (AvgIpc) is 3.42. The Balaban J connectivity index is 1.55. The van der Waals surface area contributed by atoms with Crippen LogP contribution in [0, 0.1) is 34.5 Å². The zero-order chi connectivity index (χ0) is 23.7. The van der Waals surface area contributed by atoms with Gasteiger partial charge in [-0.15, -0.1) is 0 Å². The van der Waals surface area contributed by atoms with Crippen LogP contribution in [0.1, 0.15) is 32.6 Å². The lowest BCUT2D eigenvalue weighted by atomic mass is 9.42. The number of fused-ring (bicyclic) bond motifs is 1. The number of ether oxygens (including phenoxy) is 6. The molecule has 0 aromatic carbocycles. The highest BCUT2D eigenvalue weighted by molar-refractivity contribution is 5.42. The molecule has 0 aromatic rings. The van der Waals surface area contributed by atoms with Gasteiger partial charge in [0.05, 0.1) is 37.1 Å². The van der Waals surface area contributed by atoms with Crippen LogP contribution in [0.25, 0.3) is 0 Å². The van der Waals surface area contributed by atoms with Gasteiger partial charge >= 0.3 is 0 Å². The molecule has 7 fully saturated rings. The summed E-state index contributed by atoms with van der Waals surface area (Å²) in [6, 6.07) is 0.0378. The zero-order valence-corrected chi connectivity index (χ0v) is 21.2. The Bertz CT molecular complexity index is 859. The zero-order valence-electron chi connectivity index (χ0n) is 21.2. The molecule has 2 saturated heterocycles. The van der Waals surface area contributed by atoms with Crippen LogP contribution < -0.4 is 0 Å². The summed E-state index contributed by atoms with van der Waals surface area (Å²) in [6.07, 6.45) is 3.20. The number of piperidine rings is 1. The number of aliphatic hydroxyl groups excluding tert-OH is 1. The molecule has 34 heavy (non-hydrogen) atoms. The van der Waals surface area contributed by atoms with Gasteiger partial charge in [-0.3, -0.25) is 4.90 Å². The smallest absolute Gasteiger partial charge is 0.148 e. The van der Waals surface area contributed by atoms with E-state index in [2.05, 4.69) is 11.8 Å². The Morgan fingerprint density at radius 1 is 1.09 bits per heavy atom. The van der Waals surface area contributed by atoms with Gasteiger partial charge in [-0.25, -0.2) is 0 Å². The second-order valence-corrected chi connectivity index (χ2v) is 12.2. The number of hydrogen-bond donors (Lipinski definition) is 1. The van der Waals surface area contributed by atoms with Crippen molar-refractivity contribution in [2.45, 2.75) is 74.3 Å².